The third-order valence-electron chi connectivity index (χ3n) is 7.74. The number of hydrogen-bond donors (Lipinski definition) is 2. The maximum absolute atomic E-state index is 13.2. The fourth-order valence-corrected chi connectivity index (χ4v) is 5.32. The zero-order chi connectivity index (χ0) is 26.2. The number of unbranched alkanes of at least 4 members (excludes halogenated alkanes) is 2. The van der Waals surface area contributed by atoms with Gasteiger partial charge in [-0.25, -0.2) is 0 Å². The van der Waals surface area contributed by atoms with Gasteiger partial charge in [0.1, 0.15) is 0 Å². The largest absolute Gasteiger partial charge is 0.386 e. The molecule has 5 atom stereocenters. The van der Waals surface area contributed by atoms with Crippen molar-refractivity contribution < 1.29 is 19.4 Å². The second-order valence-electron chi connectivity index (χ2n) is 10.8. The van der Waals surface area contributed by atoms with Crippen LogP contribution in [0.1, 0.15) is 104 Å². The summed E-state index contributed by atoms with van der Waals surface area (Å²) in [6.45, 7) is 13.0. The SMILES string of the molecule is CCCCCC(C)(C)c1cccc([C@H](O)[C@@H](C)NC(=O)[C@H](C)[C@@H](OC)[C@@H]2CCCN2C(=O)CC)c1. The van der Waals surface area contributed by atoms with E-state index in [-0.39, 0.29) is 29.4 Å². The first-order valence-electron chi connectivity index (χ1n) is 13.5. The molecule has 6 nitrogen and oxygen atoms in total. The molecule has 2 rings (SSSR count). The van der Waals surface area contributed by atoms with Gasteiger partial charge in [-0.1, -0.05) is 78.1 Å². The number of hydrogen-bond acceptors (Lipinski definition) is 4. The number of amides is 2. The van der Waals surface area contributed by atoms with E-state index in [0.717, 1.165) is 24.8 Å². The fourth-order valence-electron chi connectivity index (χ4n) is 5.32. The molecule has 0 saturated carbocycles. The van der Waals surface area contributed by atoms with Gasteiger partial charge in [0.15, 0.2) is 0 Å². The number of nitrogens with one attached hydrogen (secondary N) is 1. The van der Waals surface area contributed by atoms with Crippen LogP contribution in [0.5, 0.6) is 0 Å². The van der Waals surface area contributed by atoms with E-state index in [4.69, 9.17) is 4.74 Å². The Balaban J connectivity index is 2.06. The molecule has 1 aliphatic rings. The van der Waals surface area contributed by atoms with Gasteiger partial charge < -0.3 is 20.1 Å². The van der Waals surface area contributed by atoms with Crippen molar-refractivity contribution in [2.45, 2.75) is 116 Å². The van der Waals surface area contributed by atoms with E-state index < -0.39 is 18.1 Å². The van der Waals surface area contributed by atoms with E-state index >= 15 is 0 Å². The zero-order valence-corrected chi connectivity index (χ0v) is 23.0. The van der Waals surface area contributed by atoms with Crippen LogP contribution in [0.3, 0.4) is 0 Å². The minimum Gasteiger partial charge on any atom is -0.386 e. The number of methoxy groups -OCH3 is 1. The third-order valence-corrected chi connectivity index (χ3v) is 7.74. The van der Waals surface area contributed by atoms with Crippen molar-refractivity contribution in [3.8, 4) is 0 Å². The Labute approximate surface area is 212 Å². The van der Waals surface area contributed by atoms with E-state index in [2.05, 4.69) is 38.2 Å². The lowest BCUT2D eigenvalue weighted by atomic mass is 9.79. The molecule has 1 aliphatic heterocycles. The summed E-state index contributed by atoms with van der Waals surface area (Å²) >= 11 is 0. The normalized spacial score (nSPS) is 19.8. The van der Waals surface area contributed by atoms with Gasteiger partial charge in [-0.3, -0.25) is 9.59 Å². The average molecular weight is 489 g/mol. The molecule has 35 heavy (non-hydrogen) atoms. The maximum atomic E-state index is 13.2. The Morgan fingerprint density at radius 3 is 2.57 bits per heavy atom. The number of nitrogens with zero attached hydrogens (tertiary/aromatic N) is 1. The van der Waals surface area contributed by atoms with Crippen molar-refractivity contribution in [3.63, 3.8) is 0 Å². The van der Waals surface area contributed by atoms with E-state index in [0.29, 0.717) is 13.0 Å². The summed E-state index contributed by atoms with van der Waals surface area (Å²) in [5.41, 5.74) is 2.05. The molecule has 0 radical (unpaired) electrons. The number of likely N-dealkylation sites (tertiary alicyclic amines) is 1. The van der Waals surface area contributed by atoms with Gasteiger partial charge in [0.25, 0.3) is 0 Å². The molecule has 1 aromatic carbocycles. The molecule has 0 bridgehead atoms. The van der Waals surface area contributed by atoms with Gasteiger partial charge in [0.05, 0.1) is 30.2 Å². The van der Waals surface area contributed by atoms with E-state index in [1.54, 1.807) is 7.11 Å². The summed E-state index contributed by atoms with van der Waals surface area (Å²) in [6, 6.07) is 7.56. The van der Waals surface area contributed by atoms with Gasteiger partial charge in [0, 0.05) is 20.1 Å². The van der Waals surface area contributed by atoms with Crippen molar-refractivity contribution in [2.75, 3.05) is 13.7 Å². The number of ether oxygens (including phenoxy) is 1. The second-order valence-corrected chi connectivity index (χ2v) is 10.8. The van der Waals surface area contributed by atoms with Crippen LogP contribution < -0.4 is 5.32 Å². The van der Waals surface area contributed by atoms with E-state index in [1.165, 1.54) is 24.8 Å². The number of aliphatic hydroxyl groups excluding tert-OH is 1. The Morgan fingerprint density at radius 1 is 1.23 bits per heavy atom. The molecular weight excluding hydrogens is 440 g/mol. The molecule has 2 amide bonds. The van der Waals surface area contributed by atoms with Crippen LogP contribution in [0.15, 0.2) is 24.3 Å². The molecule has 2 N–H and O–H groups in total. The van der Waals surface area contributed by atoms with Gasteiger partial charge >= 0.3 is 0 Å². The Bertz CT molecular complexity index is 825. The number of benzene rings is 1. The third kappa shape index (κ3) is 7.53. The highest BCUT2D eigenvalue weighted by Gasteiger charge is 2.39. The number of rotatable bonds is 13. The van der Waals surface area contributed by atoms with Gasteiger partial charge in [-0.05, 0) is 42.7 Å². The molecule has 1 heterocycles. The van der Waals surface area contributed by atoms with Crippen LogP contribution in [0.4, 0.5) is 0 Å². The monoisotopic (exact) mass is 488 g/mol. The van der Waals surface area contributed by atoms with Crippen molar-refractivity contribution >= 4 is 11.8 Å². The first-order chi connectivity index (χ1) is 16.6. The smallest absolute Gasteiger partial charge is 0.225 e. The van der Waals surface area contributed by atoms with Crippen LogP contribution in [-0.2, 0) is 19.7 Å². The predicted octanol–water partition coefficient (Wildman–Crippen LogP) is 5.13. The molecule has 0 aromatic heterocycles. The van der Waals surface area contributed by atoms with E-state index in [9.17, 15) is 14.7 Å². The standard InChI is InChI=1S/C29H48N2O4/c1-8-10-11-17-29(5,6)23-15-12-14-22(19-23)26(33)21(4)30-28(34)20(3)27(35-7)24-16-13-18-31(24)25(32)9-2/h12,14-15,19-21,24,26-27,33H,8-11,13,16-18H2,1-7H3,(H,30,34)/t20-,21-,24+,26-,27-/m1/s1. The van der Waals surface area contributed by atoms with Crippen LogP contribution in [0, 0.1) is 5.92 Å². The summed E-state index contributed by atoms with van der Waals surface area (Å²) in [4.78, 5) is 27.4. The topological polar surface area (TPSA) is 78.9 Å². The number of aliphatic hydroxyl groups is 1. The quantitative estimate of drug-likeness (QED) is 0.377. The summed E-state index contributed by atoms with van der Waals surface area (Å²) in [5.74, 6) is -0.521. The molecule has 1 aromatic rings. The molecular formula is C29H48N2O4. The summed E-state index contributed by atoms with van der Waals surface area (Å²) in [7, 11) is 1.60. The van der Waals surface area contributed by atoms with Gasteiger partial charge in [-0.2, -0.15) is 0 Å². The highest BCUT2D eigenvalue weighted by atomic mass is 16.5. The minimum absolute atomic E-state index is 0.0284. The Hall–Kier alpha value is -1.92. The lowest BCUT2D eigenvalue weighted by molar-refractivity contribution is -0.140. The minimum atomic E-state index is -0.816. The highest BCUT2D eigenvalue weighted by molar-refractivity contribution is 5.80. The summed E-state index contributed by atoms with van der Waals surface area (Å²) < 4.78 is 5.74. The predicted molar refractivity (Wildman–Crippen MR) is 141 cm³/mol. The van der Waals surface area contributed by atoms with Crippen molar-refractivity contribution in [3.05, 3.63) is 35.4 Å². The van der Waals surface area contributed by atoms with E-state index in [1.807, 2.05) is 37.8 Å². The molecule has 198 valence electrons. The maximum Gasteiger partial charge on any atom is 0.225 e. The molecule has 1 saturated heterocycles. The van der Waals surface area contributed by atoms with Crippen LogP contribution >= 0.6 is 0 Å². The van der Waals surface area contributed by atoms with Crippen molar-refractivity contribution in [1.82, 2.24) is 10.2 Å². The average Bonchev–Trinajstić information content (AvgIpc) is 3.33. The van der Waals surface area contributed by atoms with Gasteiger partial charge in [-0.15, -0.1) is 0 Å². The molecule has 6 heteroatoms. The highest BCUT2D eigenvalue weighted by Crippen LogP contribution is 2.32. The number of carbonyl (C=O) groups is 2. The Kier molecular flexibility index (Phi) is 11.2. The van der Waals surface area contributed by atoms with Crippen LogP contribution in [0.2, 0.25) is 0 Å². The first kappa shape index (κ1) is 29.3. The van der Waals surface area contributed by atoms with Crippen LogP contribution in [0.25, 0.3) is 0 Å². The fraction of sp³-hybridized carbons (Fsp3) is 0.724. The first-order valence-corrected chi connectivity index (χ1v) is 13.5. The lowest BCUT2D eigenvalue weighted by Crippen LogP contribution is -2.51. The molecule has 0 unspecified atom stereocenters. The van der Waals surface area contributed by atoms with Crippen molar-refractivity contribution in [1.29, 1.82) is 0 Å². The lowest BCUT2D eigenvalue weighted by Gasteiger charge is -2.34. The van der Waals surface area contributed by atoms with Crippen LogP contribution in [-0.4, -0.2) is 53.7 Å². The Morgan fingerprint density at radius 2 is 1.94 bits per heavy atom. The molecule has 0 spiro atoms. The summed E-state index contributed by atoms with van der Waals surface area (Å²) in [6.07, 6.45) is 5.71. The van der Waals surface area contributed by atoms with Crippen molar-refractivity contribution in [2.24, 2.45) is 5.92 Å². The zero-order valence-electron chi connectivity index (χ0n) is 23.0. The second kappa shape index (κ2) is 13.4. The van der Waals surface area contributed by atoms with Gasteiger partial charge in [0.2, 0.25) is 11.8 Å². The summed E-state index contributed by atoms with van der Waals surface area (Å²) in [5, 5.41) is 14.1. The number of carbonyl (C=O) groups excluding carboxylic acids is 2. The molecule has 0 aliphatic carbocycles. The molecule has 1 fully saturated rings.